The minimum atomic E-state index is -1.82. The molecule has 19 heavy (non-hydrogen) atoms. The summed E-state index contributed by atoms with van der Waals surface area (Å²) in [5, 5.41) is 56.0. The van der Waals surface area contributed by atoms with E-state index in [1.807, 2.05) is 0 Å². The van der Waals surface area contributed by atoms with Crippen LogP contribution in [-0.4, -0.2) is 61.7 Å². The molecule has 0 saturated carbocycles. The molecule has 0 unspecified atom stereocenters. The summed E-state index contributed by atoms with van der Waals surface area (Å²) < 4.78 is 0. The van der Waals surface area contributed by atoms with Crippen LogP contribution < -0.4 is 0 Å². The molecule has 0 radical (unpaired) electrons. The second-order valence-corrected chi connectivity index (χ2v) is 4.16. The van der Waals surface area contributed by atoms with Gasteiger partial charge in [0.1, 0.15) is 30.2 Å². The highest BCUT2D eigenvalue weighted by Crippen LogP contribution is 2.14. The highest BCUT2D eigenvalue weighted by molar-refractivity contribution is 5.51. The van der Waals surface area contributed by atoms with Crippen LogP contribution in [0.5, 0.6) is 0 Å². The molecule has 0 amide bonds. The van der Waals surface area contributed by atoms with Crippen molar-refractivity contribution in [2.24, 2.45) is 0 Å². The fourth-order valence-electron chi connectivity index (χ4n) is 1.50. The van der Waals surface area contributed by atoms with E-state index >= 15 is 0 Å². The quantitative estimate of drug-likeness (QED) is 0.370. The van der Waals surface area contributed by atoms with Crippen LogP contribution in [0.3, 0.4) is 0 Å². The molecule has 0 heterocycles. The number of hydrogen-bond acceptors (Lipinski definition) is 6. The van der Waals surface area contributed by atoms with E-state index in [2.05, 4.69) is 0 Å². The van der Waals surface area contributed by atoms with Crippen molar-refractivity contribution in [1.29, 1.82) is 0 Å². The van der Waals surface area contributed by atoms with E-state index in [0.717, 1.165) is 0 Å². The smallest absolute Gasteiger partial charge is 0.139 e. The number of aliphatic hydroxyl groups is 6. The summed E-state index contributed by atoms with van der Waals surface area (Å²) in [5.74, 6) is -0.553. The number of hydrogen-bond donors (Lipinski definition) is 6. The lowest BCUT2D eigenvalue weighted by atomic mass is 10.0. The van der Waals surface area contributed by atoms with Gasteiger partial charge >= 0.3 is 0 Å². The van der Waals surface area contributed by atoms with Crippen LogP contribution in [0.2, 0.25) is 0 Å². The van der Waals surface area contributed by atoms with Crippen molar-refractivity contribution in [3.05, 3.63) is 41.7 Å². The first kappa shape index (κ1) is 15.6. The number of aliphatic hydroxyl groups excluding tert-OH is 6. The van der Waals surface area contributed by atoms with E-state index in [9.17, 15) is 20.4 Å². The first-order valence-electron chi connectivity index (χ1n) is 5.76. The highest BCUT2D eigenvalue weighted by Gasteiger charge is 2.32. The normalized spacial score (nSPS) is 18.7. The number of rotatable bonds is 6. The fourth-order valence-corrected chi connectivity index (χ4v) is 1.50. The molecule has 0 fully saturated rings. The van der Waals surface area contributed by atoms with Crippen molar-refractivity contribution in [3.8, 4) is 0 Å². The van der Waals surface area contributed by atoms with E-state index in [-0.39, 0.29) is 0 Å². The minimum Gasteiger partial charge on any atom is -0.509 e. The van der Waals surface area contributed by atoms with Crippen LogP contribution in [0.25, 0.3) is 6.08 Å². The van der Waals surface area contributed by atoms with E-state index < -0.39 is 36.8 Å². The average molecular weight is 270 g/mol. The largest absolute Gasteiger partial charge is 0.509 e. The molecule has 0 aromatic heterocycles. The summed E-state index contributed by atoms with van der Waals surface area (Å²) in [7, 11) is 0. The van der Waals surface area contributed by atoms with Gasteiger partial charge in [0.05, 0.1) is 6.61 Å². The summed E-state index contributed by atoms with van der Waals surface area (Å²) in [6.07, 6.45) is -5.73. The molecule has 4 atom stereocenters. The molecule has 6 heteroatoms. The second-order valence-electron chi connectivity index (χ2n) is 4.16. The molecule has 1 rings (SSSR count). The molecular weight excluding hydrogens is 252 g/mol. The lowest BCUT2D eigenvalue weighted by molar-refractivity contribution is -0.112. The third-order valence-electron chi connectivity index (χ3n) is 2.67. The Morgan fingerprint density at radius 3 is 2.11 bits per heavy atom. The fraction of sp³-hybridized carbons (Fsp3) is 0.385. The Labute approximate surface area is 110 Å². The van der Waals surface area contributed by atoms with Gasteiger partial charge in [-0.25, -0.2) is 0 Å². The van der Waals surface area contributed by atoms with Crippen molar-refractivity contribution < 1.29 is 30.6 Å². The summed E-state index contributed by atoms with van der Waals surface area (Å²) >= 11 is 0. The molecule has 0 aliphatic rings. The zero-order valence-electron chi connectivity index (χ0n) is 10.2. The van der Waals surface area contributed by atoms with Crippen molar-refractivity contribution >= 4 is 6.08 Å². The zero-order chi connectivity index (χ0) is 14.4. The Morgan fingerprint density at radius 2 is 1.58 bits per heavy atom. The topological polar surface area (TPSA) is 121 Å². The van der Waals surface area contributed by atoms with Gasteiger partial charge in [0, 0.05) is 0 Å². The van der Waals surface area contributed by atoms with E-state index in [1.165, 1.54) is 6.08 Å². The van der Waals surface area contributed by atoms with Gasteiger partial charge in [-0.15, -0.1) is 0 Å². The van der Waals surface area contributed by atoms with Crippen molar-refractivity contribution in [2.75, 3.05) is 6.61 Å². The van der Waals surface area contributed by atoms with E-state index in [4.69, 9.17) is 10.2 Å². The lowest BCUT2D eigenvalue weighted by Gasteiger charge is -2.25. The summed E-state index contributed by atoms with van der Waals surface area (Å²) in [5.41, 5.74) is 0.600. The Hall–Kier alpha value is -1.44. The summed E-state index contributed by atoms with van der Waals surface area (Å²) in [4.78, 5) is 0. The van der Waals surface area contributed by atoms with E-state index in [0.29, 0.717) is 5.56 Å². The molecule has 0 aliphatic heterocycles. The zero-order valence-corrected chi connectivity index (χ0v) is 10.2. The standard InChI is InChI=1S/C13H18O6/c14-7-10(16)12(18)13(19)11(17)9(15)6-8-4-2-1-3-5-8/h1-6,10-19H,7H2/b9-6-/t10-,11+,12-,13-/m1/s1. The van der Waals surface area contributed by atoms with Crippen LogP contribution in [0, 0.1) is 0 Å². The van der Waals surface area contributed by atoms with Gasteiger partial charge in [-0.2, -0.15) is 0 Å². The molecule has 106 valence electrons. The third-order valence-corrected chi connectivity index (χ3v) is 2.67. The van der Waals surface area contributed by atoms with Gasteiger partial charge in [-0.05, 0) is 11.6 Å². The number of benzene rings is 1. The van der Waals surface area contributed by atoms with Crippen molar-refractivity contribution in [3.63, 3.8) is 0 Å². The third kappa shape index (κ3) is 4.30. The Kier molecular flexibility index (Phi) is 5.94. The molecule has 1 aromatic rings. The monoisotopic (exact) mass is 270 g/mol. The Morgan fingerprint density at radius 1 is 1.00 bits per heavy atom. The molecule has 1 aromatic carbocycles. The molecule has 0 bridgehead atoms. The average Bonchev–Trinajstić information content (AvgIpc) is 2.44. The summed E-state index contributed by atoms with van der Waals surface area (Å²) in [6.45, 7) is -0.770. The molecule has 6 N–H and O–H groups in total. The van der Waals surface area contributed by atoms with Gasteiger partial charge < -0.3 is 30.6 Å². The lowest BCUT2D eigenvalue weighted by Crippen LogP contribution is -2.46. The van der Waals surface area contributed by atoms with Crippen LogP contribution in [0.15, 0.2) is 36.1 Å². The van der Waals surface area contributed by atoms with Crippen LogP contribution in [0.1, 0.15) is 5.56 Å². The SMILES string of the molecule is OC[C@@H](O)[C@@H](O)[C@H](O)[C@@H](O)/C(O)=C/c1ccccc1. The summed E-state index contributed by atoms with van der Waals surface area (Å²) in [6, 6.07) is 8.59. The Bertz CT molecular complexity index is 405. The first-order chi connectivity index (χ1) is 8.97. The second kappa shape index (κ2) is 7.22. The maximum atomic E-state index is 9.64. The molecule has 0 saturated heterocycles. The maximum absolute atomic E-state index is 9.64. The molecule has 0 aliphatic carbocycles. The van der Waals surface area contributed by atoms with Gasteiger partial charge in [0.25, 0.3) is 0 Å². The predicted octanol–water partition coefficient (Wildman–Crippen LogP) is -0.979. The van der Waals surface area contributed by atoms with Gasteiger partial charge in [-0.3, -0.25) is 0 Å². The first-order valence-corrected chi connectivity index (χ1v) is 5.76. The van der Waals surface area contributed by atoms with Crippen LogP contribution in [-0.2, 0) is 0 Å². The van der Waals surface area contributed by atoms with Gasteiger partial charge in [-0.1, -0.05) is 30.3 Å². The van der Waals surface area contributed by atoms with Crippen LogP contribution in [0.4, 0.5) is 0 Å². The van der Waals surface area contributed by atoms with Crippen LogP contribution >= 0.6 is 0 Å². The van der Waals surface area contributed by atoms with E-state index in [1.54, 1.807) is 30.3 Å². The van der Waals surface area contributed by atoms with Gasteiger partial charge in [0.2, 0.25) is 0 Å². The predicted molar refractivity (Wildman–Crippen MR) is 68.2 cm³/mol. The minimum absolute atomic E-state index is 0.553. The van der Waals surface area contributed by atoms with Gasteiger partial charge in [0.15, 0.2) is 0 Å². The maximum Gasteiger partial charge on any atom is 0.139 e. The highest BCUT2D eigenvalue weighted by atomic mass is 16.4. The van der Waals surface area contributed by atoms with Crippen molar-refractivity contribution in [2.45, 2.75) is 24.4 Å². The molecule has 6 nitrogen and oxygen atoms in total. The van der Waals surface area contributed by atoms with Crippen molar-refractivity contribution in [1.82, 2.24) is 0 Å². The Balaban J connectivity index is 2.76. The molecule has 0 spiro atoms. The molecular formula is C13H18O6.